The van der Waals surface area contributed by atoms with Crippen molar-refractivity contribution < 1.29 is 4.79 Å². The fourth-order valence-electron chi connectivity index (χ4n) is 0.802. The van der Waals surface area contributed by atoms with Gasteiger partial charge in [-0.25, -0.2) is 4.79 Å². The van der Waals surface area contributed by atoms with Crippen LogP contribution >= 0.6 is 0 Å². The molecule has 0 bridgehead atoms. The lowest BCUT2D eigenvalue weighted by Gasteiger charge is -2.16. The van der Waals surface area contributed by atoms with Gasteiger partial charge in [-0.05, 0) is 6.42 Å². The molecule has 0 aliphatic heterocycles. The Morgan fingerprint density at radius 2 is 2.25 bits per heavy atom. The quantitative estimate of drug-likeness (QED) is 0.591. The van der Waals surface area contributed by atoms with Crippen LogP contribution < -0.4 is 11.1 Å². The van der Waals surface area contributed by atoms with E-state index < -0.39 is 0 Å². The number of amides is 2. The number of carbonyl (C=O) groups excluding carboxylic acids is 1. The van der Waals surface area contributed by atoms with Crippen molar-refractivity contribution in [3.63, 3.8) is 0 Å². The average molecular weight is 173 g/mol. The van der Waals surface area contributed by atoms with E-state index in [9.17, 15) is 4.79 Å². The molecule has 0 rings (SSSR count). The number of carbonyl (C=O) groups is 1. The summed E-state index contributed by atoms with van der Waals surface area (Å²) in [5.74, 6) is 0. The summed E-state index contributed by atoms with van der Waals surface area (Å²) in [5.41, 5.74) is 5.30. The van der Waals surface area contributed by atoms with Crippen LogP contribution in [-0.2, 0) is 0 Å². The van der Waals surface area contributed by atoms with E-state index in [0.717, 1.165) is 19.4 Å². The molecule has 0 unspecified atom stereocenters. The normalized spacial score (nSPS) is 9.58. The minimum absolute atomic E-state index is 0.0334. The molecular formula is C8H19N3O. The molecule has 4 nitrogen and oxygen atoms in total. The maximum Gasteiger partial charge on any atom is 0.317 e. The van der Waals surface area contributed by atoms with Gasteiger partial charge in [0.05, 0.1) is 0 Å². The van der Waals surface area contributed by atoms with Gasteiger partial charge in [0, 0.05) is 26.7 Å². The zero-order valence-electron chi connectivity index (χ0n) is 7.97. The van der Waals surface area contributed by atoms with Crippen molar-refractivity contribution in [3.05, 3.63) is 0 Å². The fraction of sp³-hybridized carbons (Fsp3) is 0.875. The summed E-state index contributed by atoms with van der Waals surface area (Å²) in [4.78, 5) is 12.8. The number of hydrogen-bond acceptors (Lipinski definition) is 2. The highest BCUT2D eigenvalue weighted by molar-refractivity contribution is 5.73. The number of hydrogen-bond donors (Lipinski definition) is 2. The van der Waals surface area contributed by atoms with E-state index in [4.69, 9.17) is 5.73 Å². The van der Waals surface area contributed by atoms with Crippen LogP contribution in [0.1, 0.15) is 19.8 Å². The van der Waals surface area contributed by atoms with Crippen molar-refractivity contribution in [1.82, 2.24) is 10.2 Å². The van der Waals surface area contributed by atoms with Crippen LogP contribution in [0.15, 0.2) is 0 Å². The summed E-state index contributed by atoms with van der Waals surface area (Å²) in [6, 6.07) is -0.0334. The summed E-state index contributed by atoms with van der Waals surface area (Å²) in [7, 11) is 1.74. The molecule has 0 aromatic heterocycles. The molecule has 0 fully saturated rings. The van der Waals surface area contributed by atoms with Gasteiger partial charge in [-0.1, -0.05) is 13.3 Å². The molecule has 0 aromatic carbocycles. The molecule has 0 saturated carbocycles. The first-order chi connectivity index (χ1) is 5.72. The van der Waals surface area contributed by atoms with Gasteiger partial charge in [0.15, 0.2) is 0 Å². The highest BCUT2D eigenvalue weighted by Gasteiger charge is 2.04. The monoisotopic (exact) mass is 173 g/mol. The molecule has 4 heteroatoms. The van der Waals surface area contributed by atoms with E-state index in [0.29, 0.717) is 13.1 Å². The predicted molar refractivity (Wildman–Crippen MR) is 50.0 cm³/mol. The molecule has 0 atom stereocenters. The van der Waals surface area contributed by atoms with Gasteiger partial charge in [-0.3, -0.25) is 0 Å². The van der Waals surface area contributed by atoms with Gasteiger partial charge < -0.3 is 16.0 Å². The number of rotatable bonds is 5. The number of urea groups is 1. The van der Waals surface area contributed by atoms with Gasteiger partial charge in [0.2, 0.25) is 0 Å². The summed E-state index contributed by atoms with van der Waals surface area (Å²) in [6.45, 7) is 3.97. The predicted octanol–water partition coefficient (Wildman–Crippen LogP) is 0.387. The Morgan fingerprint density at radius 1 is 1.58 bits per heavy atom. The molecule has 72 valence electrons. The second-order valence-electron chi connectivity index (χ2n) is 2.80. The topological polar surface area (TPSA) is 58.4 Å². The maximum atomic E-state index is 11.2. The molecule has 2 amide bonds. The Morgan fingerprint density at radius 3 is 2.75 bits per heavy atom. The average Bonchev–Trinajstić information content (AvgIpc) is 2.05. The summed E-state index contributed by atoms with van der Waals surface area (Å²) >= 11 is 0. The number of nitrogens with zero attached hydrogens (tertiary/aromatic N) is 1. The molecule has 0 spiro atoms. The third-order valence-corrected chi connectivity index (χ3v) is 1.62. The molecule has 0 aromatic rings. The first-order valence-electron chi connectivity index (χ1n) is 4.41. The Labute approximate surface area is 74.1 Å². The lowest BCUT2D eigenvalue weighted by Crippen LogP contribution is -2.40. The lowest BCUT2D eigenvalue weighted by atomic mass is 10.3. The highest BCUT2D eigenvalue weighted by Crippen LogP contribution is 1.85. The van der Waals surface area contributed by atoms with Crippen LogP contribution in [0.2, 0.25) is 0 Å². The van der Waals surface area contributed by atoms with Crippen LogP contribution in [0, 0.1) is 0 Å². The first kappa shape index (κ1) is 11.2. The molecule has 0 saturated heterocycles. The standard InChI is InChI=1S/C8H19N3O/c1-3-4-6-10-8(12)11(2)7-5-9/h3-7,9H2,1-2H3,(H,10,12). The van der Waals surface area contributed by atoms with Crippen molar-refractivity contribution in [3.8, 4) is 0 Å². The van der Waals surface area contributed by atoms with Crippen molar-refractivity contribution in [2.75, 3.05) is 26.7 Å². The van der Waals surface area contributed by atoms with E-state index >= 15 is 0 Å². The molecular weight excluding hydrogens is 154 g/mol. The van der Waals surface area contributed by atoms with E-state index in [2.05, 4.69) is 12.2 Å². The number of nitrogens with two attached hydrogens (primary N) is 1. The van der Waals surface area contributed by atoms with Crippen LogP contribution in [-0.4, -0.2) is 37.6 Å². The smallest absolute Gasteiger partial charge is 0.317 e. The second kappa shape index (κ2) is 6.91. The Kier molecular flexibility index (Phi) is 6.47. The fourth-order valence-corrected chi connectivity index (χ4v) is 0.802. The summed E-state index contributed by atoms with van der Waals surface area (Å²) < 4.78 is 0. The Bertz CT molecular complexity index is 127. The summed E-state index contributed by atoms with van der Waals surface area (Å²) in [6.07, 6.45) is 2.13. The second-order valence-corrected chi connectivity index (χ2v) is 2.80. The molecule has 3 N–H and O–H groups in total. The van der Waals surface area contributed by atoms with Crippen molar-refractivity contribution >= 4 is 6.03 Å². The minimum Gasteiger partial charge on any atom is -0.338 e. The lowest BCUT2D eigenvalue weighted by molar-refractivity contribution is 0.210. The van der Waals surface area contributed by atoms with Gasteiger partial charge in [0.1, 0.15) is 0 Å². The highest BCUT2D eigenvalue weighted by atomic mass is 16.2. The molecule has 0 radical (unpaired) electrons. The maximum absolute atomic E-state index is 11.2. The zero-order chi connectivity index (χ0) is 9.40. The van der Waals surface area contributed by atoms with Crippen molar-refractivity contribution in [2.24, 2.45) is 5.73 Å². The van der Waals surface area contributed by atoms with E-state index in [1.165, 1.54) is 0 Å². The molecule has 0 aliphatic carbocycles. The summed E-state index contributed by atoms with van der Waals surface area (Å²) in [5, 5.41) is 2.80. The zero-order valence-corrected chi connectivity index (χ0v) is 7.97. The first-order valence-corrected chi connectivity index (χ1v) is 4.41. The van der Waals surface area contributed by atoms with E-state index in [1.807, 2.05) is 0 Å². The van der Waals surface area contributed by atoms with Crippen molar-refractivity contribution in [2.45, 2.75) is 19.8 Å². The number of unbranched alkanes of at least 4 members (excludes halogenated alkanes) is 1. The Hall–Kier alpha value is -0.770. The number of likely N-dealkylation sites (N-methyl/N-ethyl adjacent to an activating group) is 1. The number of nitrogens with one attached hydrogen (secondary N) is 1. The molecule has 0 heterocycles. The molecule has 12 heavy (non-hydrogen) atoms. The molecule has 0 aliphatic rings. The van der Waals surface area contributed by atoms with Gasteiger partial charge in [-0.2, -0.15) is 0 Å². The van der Waals surface area contributed by atoms with Gasteiger partial charge in [-0.15, -0.1) is 0 Å². The third-order valence-electron chi connectivity index (χ3n) is 1.62. The van der Waals surface area contributed by atoms with Crippen LogP contribution in [0.3, 0.4) is 0 Å². The van der Waals surface area contributed by atoms with E-state index in [1.54, 1.807) is 11.9 Å². The van der Waals surface area contributed by atoms with Gasteiger partial charge in [0.25, 0.3) is 0 Å². The van der Waals surface area contributed by atoms with Gasteiger partial charge >= 0.3 is 6.03 Å². The SMILES string of the molecule is CCCCNC(=O)N(C)CCN. The minimum atomic E-state index is -0.0334. The largest absolute Gasteiger partial charge is 0.338 e. The van der Waals surface area contributed by atoms with Crippen LogP contribution in [0.5, 0.6) is 0 Å². The van der Waals surface area contributed by atoms with Crippen LogP contribution in [0.4, 0.5) is 4.79 Å². The third kappa shape index (κ3) is 4.96. The van der Waals surface area contributed by atoms with Crippen LogP contribution in [0.25, 0.3) is 0 Å². The van der Waals surface area contributed by atoms with E-state index in [-0.39, 0.29) is 6.03 Å². The van der Waals surface area contributed by atoms with Crippen molar-refractivity contribution in [1.29, 1.82) is 0 Å². The Balaban J connectivity index is 3.43.